The van der Waals surface area contributed by atoms with Gasteiger partial charge in [0.2, 0.25) is 0 Å². The lowest BCUT2D eigenvalue weighted by atomic mass is 9.70. The molecule has 2 rings (SSSR count). The average molecular weight is 314 g/mol. The van der Waals surface area contributed by atoms with Crippen molar-refractivity contribution in [2.24, 2.45) is 17.8 Å². The van der Waals surface area contributed by atoms with Gasteiger partial charge in [-0.15, -0.1) is 0 Å². The van der Waals surface area contributed by atoms with E-state index in [1.54, 1.807) is 13.8 Å². The lowest BCUT2D eigenvalue weighted by Crippen LogP contribution is -2.34. The third-order valence-corrected chi connectivity index (χ3v) is 5.32. The van der Waals surface area contributed by atoms with Crippen LogP contribution in [0.4, 0.5) is 0 Å². The number of aryl methyl sites for hydroxylation is 1. The van der Waals surface area contributed by atoms with Gasteiger partial charge in [0.05, 0.1) is 0 Å². The Kier molecular flexibility index (Phi) is 5.51. The summed E-state index contributed by atoms with van der Waals surface area (Å²) in [6.45, 7) is 7.16. The monoisotopic (exact) mass is 314 g/mol. The second-order valence-corrected chi connectivity index (χ2v) is 6.93. The van der Waals surface area contributed by atoms with Crippen LogP contribution in [-0.2, 0) is 16.0 Å². The zero-order chi connectivity index (χ0) is 17.1. The minimum absolute atomic E-state index is 0.0204. The molecule has 0 spiro atoms. The second kappa shape index (κ2) is 7.20. The molecule has 0 aliphatic heterocycles. The molecule has 0 heterocycles. The molecule has 0 radical (unpaired) electrons. The van der Waals surface area contributed by atoms with E-state index in [0.717, 1.165) is 24.0 Å². The van der Waals surface area contributed by atoms with Crippen molar-refractivity contribution in [1.82, 2.24) is 0 Å². The number of benzene rings is 1. The number of fused-ring (bicyclic) bond motifs is 1. The molecule has 3 heteroatoms. The maximum absolute atomic E-state index is 12.9. The van der Waals surface area contributed by atoms with Crippen LogP contribution < -0.4 is 0 Å². The molecule has 3 atom stereocenters. The highest BCUT2D eigenvalue weighted by molar-refractivity contribution is 6.01. The van der Waals surface area contributed by atoms with Crippen molar-refractivity contribution in [1.29, 1.82) is 0 Å². The molecule has 0 saturated carbocycles. The second-order valence-electron chi connectivity index (χ2n) is 6.93. The molecule has 0 saturated heterocycles. The number of carbonyl (C=O) groups is 3. The van der Waals surface area contributed by atoms with Crippen molar-refractivity contribution in [3.63, 3.8) is 0 Å². The van der Waals surface area contributed by atoms with Crippen LogP contribution >= 0.6 is 0 Å². The standard InChI is InChI=1S/C20H26O3/c1-12-6-5-7-19-16(12)10-11-18(20(19)23)14(3)17(15(4)22)9-8-13(2)21/h5-7,14,17-18H,8-11H2,1-4H3. The zero-order valence-electron chi connectivity index (χ0n) is 14.5. The van der Waals surface area contributed by atoms with Gasteiger partial charge in [0.1, 0.15) is 11.6 Å². The van der Waals surface area contributed by atoms with E-state index >= 15 is 0 Å². The van der Waals surface area contributed by atoms with E-state index in [0.29, 0.717) is 12.8 Å². The van der Waals surface area contributed by atoms with E-state index < -0.39 is 0 Å². The molecule has 0 aromatic heterocycles. The third kappa shape index (κ3) is 3.77. The van der Waals surface area contributed by atoms with Crippen molar-refractivity contribution in [3.05, 3.63) is 34.9 Å². The molecule has 1 aromatic rings. The summed E-state index contributed by atoms with van der Waals surface area (Å²) in [4.78, 5) is 36.2. The molecule has 0 amide bonds. The maximum Gasteiger partial charge on any atom is 0.166 e. The fourth-order valence-corrected chi connectivity index (χ4v) is 3.87. The summed E-state index contributed by atoms with van der Waals surface area (Å²) in [6, 6.07) is 5.88. The molecule has 23 heavy (non-hydrogen) atoms. The fourth-order valence-electron chi connectivity index (χ4n) is 3.87. The van der Waals surface area contributed by atoms with E-state index in [-0.39, 0.29) is 35.1 Å². The Morgan fingerprint density at radius 1 is 1.26 bits per heavy atom. The van der Waals surface area contributed by atoms with Gasteiger partial charge in [-0.3, -0.25) is 9.59 Å². The van der Waals surface area contributed by atoms with Crippen LogP contribution in [0.25, 0.3) is 0 Å². The van der Waals surface area contributed by atoms with Crippen LogP contribution in [0.15, 0.2) is 18.2 Å². The van der Waals surface area contributed by atoms with Crippen molar-refractivity contribution < 1.29 is 14.4 Å². The summed E-state index contributed by atoms with van der Waals surface area (Å²) in [5.41, 5.74) is 3.15. The molecule has 1 aromatic carbocycles. The highest BCUT2D eigenvalue weighted by Crippen LogP contribution is 2.36. The van der Waals surface area contributed by atoms with Gasteiger partial charge in [0, 0.05) is 23.8 Å². The summed E-state index contributed by atoms with van der Waals surface area (Å²) >= 11 is 0. The molecular formula is C20H26O3. The minimum Gasteiger partial charge on any atom is -0.300 e. The number of hydrogen-bond acceptors (Lipinski definition) is 3. The smallest absolute Gasteiger partial charge is 0.166 e. The summed E-state index contributed by atoms with van der Waals surface area (Å²) in [7, 11) is 0. The number of carbonyl (C=O) groups excluding carboxylic acids is 3. The van der Waals surface area contributed by atoms with E-state index in [1.807, 2.05) is 32.0 Å². The van der Waals surface area contributed by atoms with Crippen molar-refractivity contribution in [2.45, 2.75) is 53.4 Å². The number of Topliss-reactive ketones (excluding diaryl/α,β-unsaturated/α-hetero) is 3. The Bertz CT molecular complexity index is 630. The highest BCUT2D eigenvalue weighted by atomic mass is 16.1. The molecule has 1 aliphatic carbocycles. The van der Waals surface area contributed by atoms with Gasteiger partial charge < -0.3 is 4.79 Å². The molecular weight excluding hydrogens is 288 g/mol. The van der Waals surface area contributed by atoms with Crippen LogP contribution in [0, 0.1) is 24.7 Å². The first-order chi connectivity index (χ1) is 10.8. The third-order valence-electron chi connectivity index (χ3n) is 5.32. The Labute approximate surface area is 138 Å². The highest BCUT2D eigenvalue weighted by Gasteiger charge is 2.36. The Morgan fingerprint density at radius 3 is 2.57 bits per heavy atom. The quantitative estimate of drug-likeness (QED) is 0.799. The first-order valence-electron chi connectivity index (χ1n) is 8.45. The molecule has 0 fully saturated rings. The van der Waals surface area contributed by atoms with Crippen LogP contribution in [0.1, 0.15) is 61.5 Å². The molecule has 3 unspecified atom stereocenters. The van der Waals surface area contributed by atoms with Crippen LogP contribution in [0.5, 0.6) is 0 Å². The molecule has 0 bridgehead atoms. The molecule has 0 N–H and O–H groups in total. The zero-order valence-corrected chi connectivity index (χ0v) is 14.5. The molecule has 124 valence electrons. The van der Waals surface area contributed by atoms with Gasteiger partial charge in [-0.1, -0.05) is 25.1 Å². The first kappa shape index (κ1) is 17.6. The Morgan fingerprint density at radius 2 is 1.96 bits per heavy atom. The minimum atomic E-state index is -0.209. The van der Waals surface area contributed by atoms with E-state index in [9.17, 15) is 14.4 Å². The normalized spacial score (nSPS) is 19.8. The van der Waals surface area contributed by atoms with Gasteiger partial charge in [0.25, 0.3) is 0 Å². The Balaban J connectivity index is 2.22. The predicted octanol–water partition coefficient (Wildman–Crippen LogP) is 3.95. The summed E-state index contributed by atoms with van der Waals surface area (Å²) < 4.78 is 0. The SMILES string of the molecule is CC(=O)CCC(C(C)=O)C(C)C1CCc2c(C)cccc2C1=O. The van der Waals surface area contributed by atoms with E-state index in [4.69, 9.17) is 0 Å². The average Bonchev–Trinajstić information content (AvgIpc) is 2.47. The lowest BCUT2D eigenvalue weighted by molar-refractivity contribution is -0.123. The molecule has 1 aliphatic rings. The van der Waals surface area contributed by atoms with Gasteiger partial charge in [-0.25, -0.2) is 0 Å². The number of hydrogen-bond donors (Lipinski definition) is 0. The molecule has 3 nitrogen and oxygen atoms in total. The number of ketones is 3. The maximum atomic E-state index is 12.9. The largest absolute Gasteiger partial charge is 0.300 e. The Hall–Kier alpha value is -1.77. The van der Waals surface area contributed by atoms with Crippen molar-refractivity contribution >= 4 is 17.3 Å². The summed E-state index contributed by atoms with van der Waals surface area (Å²) in [5, 5.41) is 0. The van der Waals surface area contributed by atoms with Gasteiger partial charge in [0.15, 0.2) is 5.78 Å². The van der Waals surface area contributed by atoms with Gasteiger partial charge in [-0.05, 0) is 57.1 Å². The van der Waals surface area contributed by atoms with E-state index in [1.165, 1.54) is 5.56 Å². The summed E-state index contributed by atoms with van der Waals surface area (Å²) in [6.07, 6.45) is 2.64. The van der Waals surface area contributed by atoms with Gasteiger partial charge in [-0.2, -0.15) is 0 Å². The van der Waals surface area contributed by atoms with Crippen LogP contribution in [0.2, 0.25) is 0 Å². The van der Waals surface area contributed by atoms with E-state index in [2.05, 4.69) is 0 Å². The first-order valence-corrected chi connectivity index (χ1v) is 8.45. The van der Waals surface area contributed by atoms with Crippen LogP contribution in [0.3, 0.4) is 0 Å². The fraction of sp³-hybridized carbons (Fsp3) is 0.550. The summed E-state index contributed by atoms with van der Waals surface area (Å²) in [5.74, 6) is -0.00474. The van der Waals surface area contributed by atoms with Gasteiger partial charge >= 0.3 is 0 Å². The number of rotatable bonds is 6. The van der Waals surface area contributed by atoms with Crippen molar-refractivity contribution in [2.75, 3.05) is 0 Å². The van der Waals surface area contributed by atoms with Crippen LogP contribution in [-0.4, -0.2) is 17.3 Å². The topological polar surface area (TPSA) is 51.2 Å². The lowest BCUT2D eigenvalue weighted by Gasteiger charge is -2.32. The predicted molar refractivity (Wildman–Crippen MR) is 90.6 cm³/mol. The van der Waals surface area contributed by atoms with Crippen molar-refractivity contribution in [3.8, 4) is 0 Å².